The summed E-state index contributed by atoms with van der Waals surface area (Å²) in [6.45, 7) is 3.55. The quantitative estimate of drug-likeness (QED) is 0.169. The Balaban J connectivity index is 0.000000138. The lowest BCUT2D eigenvalue weighted by Crippen LogP contribution is -2.28. The minimum absolute atomic E-state index is 0.190. The van der Waals surface area contributed by atoms with Crippen molar-refractivity contribution in [1.29, 1.82) is 0 Å². The minimum Gasteiger partial charge on any atom is -0.409 e. The molecule has 0 amide bonds. The van der Waals surface area contributed by atoms with Crippen molar-refractivity contribution in [3.63, 3.8) is 0 Å². The van der Waals surface area contributed by atoms with Crippen molar-refractivity contribution in [2.75, 3.05) is 36.0 Å². The van der Waals surface area contributed by atoms with Gasteiger partial charge in [0.15, 0.2) is 5.82 Å². The van der Waals surface area contributed by atoms with Gasteiger partial charge in [0.25, 0.3) is 0 Å². The van der Waals surface area contributed by atoms with Crippen LogP contribution in [0.15, 0.2) is 58.2 Å². The lowest BCUT2D eigenvalue weighted by molar-refractivity contribution is 0.315. The molecule has 2 aromatic carbocycles. The Hall–Kier alpha value is -3.40. The monoisotopic (exact) mass is 528 g/mol. The highest BCUT2D eigenvalue weighted by Crippen LogP contribution is 2.58. The van der Waals surface area contributed by atoms with E-state index in [0.29, 0.717) is 41.3 Å². The van der Waals surface area contributed by atoms with Crippen LogP contribution < -0.4 is 15.5 Å². The number of anilines is 2. The largest absolute Gasteiger partial charge is 0.409 e. The van der Waals surface area contributed by atoms with E-state index in [0.717, 1.165) is 43.4 Å². The van der Waals surface area contributed by atoms with Crippen molar-refractivity contribution in [2.45, 2.75) is 11.8 Å². The fourth-order valence-corrected chi connectivity index (χ4v) is 6.27. The summed E-state index contributed by atoms with van der Waals surface area (Å²) in [4.78, 5) is 8.67. The first-order valence-electron chi connectivity index (χ1n) is 12.3. The molecule has 2 unspecified atom stereocenters. The molecule has 4 aliphatic rings. The van der Waals surface area contributed by atoms with Gasteiger partial charge in [-0.15, -0.1) is 11.6 Å². The zero-order chi connectivity index (χ0) is 25.7. The summed E-state index contributed by atoms with van der Waals surface area (Å²) in [7, 11) is 0. The van der Waals surface area contributed by atoms with Gasteiger partial charge in [0, 0.05) is 49.4 Å². The molecule has 194 valence electrons. The summed E-state index contributed by atoms with van der Waals surface area (Å²) in [6.07, 6.45) is 0. The molecule has 0 radical (unpaired) electrons. The van der Waals surface area contributed by atoms with E-state index in [2.05, 4.69) is 25.1 Å². The van der Waals surface area contributed by atoms with Crippen LogP contribution in [-0.2, 0) is 5.88 Å². The van der Waals surface area contributed by atoms with Gasteiger partial charge in [0.05, 0.1) is 0 Å². The molecule has 6 atom stereocenters. The van der Waals surface area contributed by atoms with E-state index in [1.165, 1.54) is 12.1 Å². The molecular formula is C26H27ClF2N6O2. The number of nitrogens with two attached hydrogens (primary N) is 1. The fourth-order valence-electron chi connectivity index (χ4n) is 6.17. The summed E-state index contributed by atoms with van der Waals surface area (Å²) in [5, 5.41) is 15.7. The van der Waals surface area contributed by atoms with Crippen LogP contribution in [-0.4, -0.2) is 47.4 Å². The van der Waals surface area contributed by atoms with Gasteiger partial charge in [-0.05, 0) is 60.1 Å². The second-order valence-electron chi connectivity index (χ2n) is 10.2. The number of piperidine rings is 2. The highest BCUT2D eigenvalue weighted by molar-refractivity contribution is 6.16. The lowest BCUT2D eigenvalue weighted by atomic mass is 10.2. The first-order chi connectivity index (χ1) is 18.0. The van der Waals surface area contributed by atoms with Crippen molar-refractivity contribution in [2.24, 2.45) is 40.5 Å². The van der Waals surface area contributed by atoms with Crippen LogP contribution in [0.3, 0.4) is 0 Å². The van der Waals surface area contributed by atoms with E-state index in [1.807, 2.05) is 12.1 Å². The SMILES string of the molecule is Fc1cccc(N2C[C@@H]3C(c4noc(CCl)n4)[C@@H]3C2)c1.N/C(=N\O)C1[C@H]2CN(c3cccc(F)c3)C[C@@H]12. The number of nitrogens with zero attached hydrogens (tertiary/aromatic N) is 5. The number of oxime groups is 1. The maximum absolute atomic E-state index is 13.2. The molecule has 0 bridgehead atoms. The molecule has 3 aromatic rings. The maximum atomic E-state index is 13.2. The zero-order valence-corrected chi connectivity index (χ0v) is 20.7. The van der Waals surface area contributed by atoms with Gasteiger partial charge in [0.2, 0.25) is 5.89 Å². The number of fused-ring (bicyclic) bond motifs is 2. The average Bonchev–Trinajstić information content (AvgIpc) is 3.45. The number of amidine groups is 1. The molecule has 8 nitrogen and oxygen atoms in total. The molecule has 4 fully saturated rings. The molecule has 2 saturated carbocycles. The molecule has 0 spiro atoms. The number of halogens is 3. The molecule has 1 aromatic heterocycles. The van der Waals surface area contributed by atoms with Crippen molar-refractivity contribution < 1.29 is 18.5 Å². The highest BCUT2D eigenvalue weighted by atomic mass is 35.5. The van der Waals surface area contributed by atoms with E-state index < -0.39 is 0 Å². The summed E-state index contributed by atoms with van der Waals surface area (Å²) in [5.41, 5.74) is 7.46. The average molecular weight is 529 g/mol. The van der Waals surface area contributed by atoms with E-state index in [-0.39, 0.29) is 23.4 Å². The summed E-state index contributed by atoms with van der Waals surface area (Å²) in [6, 6.07) is 13.4. The Labute approximate surface area is 217 Å². The highest BCUT2D eigenvalue weighted by Gasteiger charge is 2.59. The third-order valence-electron chi connectivity index (χ3n) is 8.09. The van der Waals surface area contributed by atoms with Crippen molar-refractivity contribution in [1.82, 2.24) is 10.1 Å². The zero-order valence-electron chi connectivity index (χ0n) is 19.9. The van der Waals surface area contributed by atoms with E-state index >= 15 is 0 Å². The van der Waals surface area contributed by atoms with Gasteiger partial charge >= 0.3 is 0 Å². The Bertz CT molecular complexity index is 1300. The Morgan fingerprint density at radius 2 is 1.51 bits per heavy atom. The van der Waals surface area contributed by atoms with Crippen molar-refractivity contribution >= 4 is 28.8 Å². The second-order valence-corrected chi connectivity index (χ2v) is 10.4. The van der Waals surface area contributed by atoms with Crippen LogP contribution in [0, 0.1) is 41.2 Å². The number of hydrogen-bond acceptors (Lipinski definition) is 7. The first kappa shape index (κ1) is 24.0. The van der Waals surface area contributed by atoms with Gasteiger partial charge in [-0.2, -0.15) is 4.98 Å². The van der Waals surface area contributed by atoms with Crippen LogP contribution in [0.1, 0.15) is 17.6 Å². The number of rotatable bonds is 5. The molecular weight excluding hydrogens is 502 g/mol. The van der Waals surface area contributed by atoms with Crippen molar-refractivity contribution in [3.8, 4) is 0 Å². The lowest BCUT2D eigenvalue weighted by Gasteiger charge is -2.21. The Morgan fingerprint density at radius 1 is 0.973 bits per heavy atom. The Morgan fingerprint density at radius 3 is 1.97 bits per heavy atom. The van der Waals surface area contributed by atoms with Crippen LogP contribution in [0.2, 0.25) is 0 Å². The van der Waals surface area contributed by atoms with Gasteiger partial charge in [-0.3, -0.25) is 0 Å². The topological polar surface area (TPSA) is 104 Å². The Kier molecular flexibility index (Phi) is 6.14. The number of alkyl halides is 1. The first-order valence-corrected chi connectivity index (χ1v) is 12.9. The normalized spacial score (nSPS) is 29.4. The summed E-state index contributed by atoms with van der Waals surface area (Å²) >= 11 is 5.66. The molecule has 3 heterocycles. The van der Waals surface area contributed by atoms with Gasteiger partial charge in [-0.1, -0.05) is 22.4 Å². The maximum Gasteiger partial charge on any atom is 0.241 e. The number of hydrogen-bond donors (Lipinski definition) is 2. The van der Waals surface area contributed by atoms with Crippen LogP contribution in [0.4, 0.5) is 20.2 Å². The number of aromatic nitrogens is 2. The second kappa shape index (κ2) is 9.48. The predicted octanol–water partition coefficient (Wildman–Crippen LogP) is 4.05. The molecule has 2 aliphatic heterocycles. The summed E-state index contributed by atoms with van der Waals surface area (Å²) in [5.74, 6) is 4.01. The smallest absolute Gasteiger partial charge is 0.241 e. The third kappa shape index (κ3) is 4.58. The molecule has 3 N–H and O–H groups in total. The predicted molar refractivity (Wildman–Crippen MR) is 135 cm³/mol. The van der Waals surface area contributed by atoms with Gasteiger partial charge in [-0.25, -0.2) is 8.78 Å². The molecule has 2 aliphatic carbocycles. The van der Waals surface area contributed by atoms with Crippen LogP contribution in [0.25, 0.3) is 0 Å². The molecule has 2 saturated heterocycles. The standard InChI is InChI=1S/C14H13ClFN3O.C12H14FN3O/c15-5-12-17-14(18-20-12)13-10-6-19(7-11(10)13)9-3-1-2-8(16)4-9;13-7-2-1-3-8(4-7)16-5-9-10(6-16)11(9)12(14)15-17/h1-4,10-11,13H,5-7H2;1-4,9-11,17H,5-6H2,(H2,14,15)/t10-,11+,13?;9-,10+,11?. The van der Waals surface area contributed by atoms with Crippen LogP contribution >= 0.6 is 11.6 Å². The minimum atomic E-state index is -0.212. The van der Waals surface area contributed by atoms with Crippen molar-refractivity contribution in [3.05, 3.63) is 71.9 Å². The summed E-state index contributed by atoms with van der Waals surface area (Å²) < 4.78 is 31.4. The van der Waals surface area contributed by atoms with Gasteiger partial charge in [0.1, 0.15) is 23.4 Å². The van der Waals surface area contributed by atoms with Crippen LogP contribution in [0.5, 0.6) is 0 Å². The van der Waals surface area contributed by atoms with E-state index in [1.54, 1.807) is 24.3 Å². The number of benzene rings is 2. The third-order valence-corrected chi connectivity index (χ3v) is 8.32. The van der Waals surface area contributed by atoms with Gasteiger partial charge < -0.3 is 25.3 Å². The fraction of sp³-hybridized carbons (Fsp3) is 0.423. The van der Waals surface area contributed by atoms with E-state index in [9.17, 15) is 8.78 Å². The molecule has 7 rings (SSSR count). The molecule has 11 heteroatoms. The van der Waals surface area contributed by atoms with E-state index in [4.69, 9.17) is 27.1 Å². The molecule has 37 heavy (non-hydrogen) atoms.